The monoisotopic (exact) mass is 405 g/mol. The van der Waals surface area contributed by atoms with Crippen molar-refractivity contribution >= 4 is 40.1 Å². The summed E-state index contributed by atoms with van der Waals surface area (Å²) in [5, 5.41) is 7.20. The Morgan fingerprint density at radius 3 is 2.95 bits per heavy atom. The summed E-state index contributed by atoms with van der Waals surface area (Å²) in [7, 11) is 0. The minimum absolute atomic E-state index is 0.110. The molecule has 0 aliphatic rings. The van der Waals surface area contributed by atoms with Gasteiger partial charge in [0.15, 0.2) is 5.82 Å². The third-order valence-corrected chi connectivity index (χ3v) is 4.15. The van der Waals surface area contributed by atoms with Gasteiger partial charge < -0.3 is 9.84 Å². The molecule has 0 unspecified atom stereocenters. The molecule has 0 saturated carbocycles. The Hall–Kier alpha value is -1.15. The fourth-order valence-corrected chi connectivity index (χ4v) is 2.26. The molecule has 1 heterocycles. The average molecular weight is 406 g/mol. The summed E-state index contributed by atoms with van der Waals surface area (Å²) >= 11 is 8.02. The van der Waals surface area contributed by atoms with Crippen LogP contribution in [0.15, 0.2) is 22.7 Å². The summed E-state index contributed by atoms with van der Waals surface area (Å²) in [6.45, 7) is 2.33. The highest BCUT2D eigenvalue weighted by atomic mass is 127. The van der Waals surface area contributed by atoms with Gasteiger partial charge in [-0.25, -0.2) is 0 Å². The van der Waals surface area contributed by atoms with E-state index in [1.807, 2.05) is 0 Å². The van der Waals surface area contributed by atoms with E-state index in [1.54, 1.807) is 25.1 Å². The molecule has 106 valence electrons. The van der Waals surface area contributed by atoms with Gasteiger partial charge in [0.05, 0.1) is 5.02 Å². The van der Waals surface area contributed by atoms with E-state index in [0.29, 0.717) is 35.3 Å². The predicted octanol–water partition coefficient (Wildman–Crippen LogP) is 3.00. The lowest BCUT2D eigenvalue weighted by atomic mass is 10.2. The highest BCUT2D eigenvalue weighted by Gasteiger charge is 2.08. The third-order valence-electron chi connectivity index (χ3n) is 2.60. The van der Waals surface area contributed by atoms with E-state index in [1.165, 1.54) is 0 Å². The van der Waals surface area contributed by atoms with E-state index >= 15 is 0 Å². The van der Waals surface area contributed by atoms with Crippen molar-refractivity contribution in [3.63, 3.8) is 0 Å². The van der Waals surface area contributed by atoms with Gasteiger partial charge in [-0.05, 0) is 54.1 Å². The lowest BCUT2D eigenvalue weighted by Gasteiger charge is -2.05. The van der Waals surface area contributed by atoms with Crippen LogP contribution in [0.3, 0.4) is 0 Å². The van der Waals surface area contributed by atoms with Gasteiger partial charge in [0.25, 0.3) is 5.91 Å². The zero-order valence-corrected chi connectivity index (χ0v) is 13.7. The van der Waals surface area contributed by atoms with Gasteiger partial charge in [-0.15, -0.1) is 0 Å². The van der Waals surface area contributed by atoms with Crippen LogP contribution in [0.5, 0.6) is 0 Å². The topological polar surface area (TPSA) is 68.0 Å². The van der Waals surface area contributed by atoms with Gasteiger partial charge in [0.1, 0.15) is 0 Å². The van der Waals surface area contributed by atoms with Gasteiger partial charge in [-0.2, -0.15) is 4.98 Å². The van der Waals surface area contributed by atoms with Crippen LogP contribution in [0.1, 0.15) is 28.5 Å². The molecule has 2 aromatic rings. The van der Waals surface area contributed by atoms with Crippen LogP contribution in [0.4, 0.5) is 0 Å². The number of benzene rings is 1. The van der Waals surface area contributed by atoms with Gasteiger partial charge in [-0.3, -0.25) is 4.79 Å². The van der Waals surface area contributed by atoms with Crippen molar-refractivity contribution < 1.29 is 9.32 Å². The Morgan fingerprint density at radius 2 is 2.30 bits per heavy atom. The molecule has 0 aliphatic heterocycles. The molecule has 0 saturated heterocycles. The van der Waals surface area contributed by atoms with E-state index in [0.717, 1.165) is 9.99 Å². The Kier molecular flexibility index (Phi) is 5.36. The van der Waals surface area contributed by atoms with Gasteiger partial charge in [0, 0.05) is 22.1 Å². The molecule has 1 amide bonds. The number of carbonyl (C=O) groups is 1. The van der Waals surface area contributed by atoms with E-state index in [2.05, 4.69) is 38.0 Å². The molecule has 1 N–H and O–H groups in total. The number of halogens is 2. The lowest BCUT2D eigenvalue weighted by Crippen LogP contribution is -2.24. The van der Waals surface area contributed by atoms with E-state index in [9.17, 15) is 4.79 Å². The van der Waals surface area contributed by atoms with Crippen molar-refractivity contribution in [2.24, 2.45) is 0 Å². The largest absolute Gasteiger partial charge is 0.352 e. The first-order valence-corrected chi connectivity index (χ1v) is 7.54. The number of amides is 1. The van der Waals surface area contributed by atoms with Gasteiger partial charge in [0.2, 0.25) is 5.89 Å². The van der Waals surface area contributed by atoms with Crippen LogP contribution in [0.2, 0.25) is 5.02 Å². The smallest absolute Gasteiger partial charge is 0.251 e. The lowest BCUT2D eigenvalue weighted by molar-refractivity contribution is 0.0953. The summed E-state index contributed by atoms with van der Waals surface area (Å²) in [5.41, 5.74) is 0.604. The first-order valence-electron chi connectivity index (χ1n) is 6.08. The fraction of sp³-hybridized carbons (Fsp3) is 0.308. The number of hydrogen-bond donors (Lipinski definition) is 1. The summed E-state index contributed by atoms with van der Waals surface area (Å²) in [6, 6.07) is 5.19. The summed E-state index contributed by atoms with van der Waals surface area (Å²) in [4.78, 5) is 16.0. The molecule has 0 spiro atoms. The predicted molar refractivity (Wildman–Crippen MR) is 83.9 cm³/mol. The van der Waals surface area contributed by atoms with Crippen molar-refractivity contribution in [3.8, 4) is 0 Å². The number of carbonyl (C=O) groups excluding carboxylic acids is 1. The maximum atomic E-state index is 11.9. The maximum Gasteiger partial charge on any atom is 0.251 e. The zero-order valence-electron chi connectivity index (χ0n) is 10.8. The normalized spacial score (nSPS) is 10.6. The molecular formula is C13H13ClIN3O2. The van der Waals surface area contributed by atoms with E-state index in [-0.39, 0.29) is 5.91 Å². The van der Waals surface area contributed by atoms with Crippen molar-refractivity contribution in [2.45, 2.75) is 19.8 Å². The number of aryl methyl sites for hydroxylation is 2. The standard InChI is InChI=1S/C13H13ClIN3O2/c1-8-17-12(20-18-8)3-2-6-16-13(19)9-4-5-10(14)11(15)7-9/h4-5,7H,2-3,6H2,1H3,(H,16,19). The molecule has 7 heteroatoms. The highest BCUT2D eigenvalue weighted by molar-refractivity contribution is 14.1. The summed E-state index contributed by atoms with van der Waals surface area (Å²) in [5.74, 6) is 1.11. The SMILES string of the molecule is Cc1noc(CCCNC(=O)c2ccc(Cl)c(I)c2)n1. The van der Waals surface area contributed by atoms with Crippen molar-refractivity contribution in [1.82, 2.24) is 15.5 Å². The Bertz CT molecular complexity index is 615. The molecule has 0 aliphatic carbocycles. The number of aromatic nitrogens is 2. The quantitative estimate of drug-likeness (QED) is 0.613. The molecule has 1 aromatic carbocycles. The first kappa shape index (κ1) is 15.2. The fourth-order valence-electron chi connectivity index (χ4n) is 1.62. The van der Waals surface area contributed by atoms with Crippen LogP contribution < -0.4 is 5.32 Å². The second-order valence-corrected chi connectivity index (χ2v) is 5.79. The number of hydrogen-bond acceptors (Lipinski definition) is 4. The summed E-state index contributed by atoms with van der Waals surface area (Å²) < 4.78 is 5.85. The molecule has 0 atom stereocenters. The van der Waals surface area contributed by atoms with Crippen LogP contribution >= 0.6 is 34.2 Å². The number of rotatable bonds is 5. The van der Waals surface area contributed by atoms with Crippen LogP contribution in [0, 0.1) is 10.5 Å². The van der Waals surface area contributed by atoms with Crippen LogP contribution in [0.25, 0.3) is 0 Å². The van der Waals surface area contributed by atoms with Crippen molar-refractivity contribution in [1.29, 1.82) is 0 Å². The van der Waals surface area contributed by atoms with Crippen LogP contribution in [-0.2, 0) is 6.42 Å². The molecular weight excluding hydrogens is 393 g/mol. The average Bonchev–Trinajstić information content (AvgIpc) is 2.83. The van der Waals surface area contributed by atoms with Crippen molar-refractivity contribution in [2.75, 3.05) is 6.54 Å². The minimum atomic E-state index is -0.110. The molecule has 0 bridgehead atoms. The Labute approximate surface area is 135 Å². The van der Waals surface area contributed by atoms with Gasteiger partial charge in [-0.1, -0.05) is 16.8 Å². The summed E-state index contributed by atoms with van der Waals surface area (Å²) in [6.07, 6.45) is 1.40. The highest BCUT2D eigenvalue weighted by Crippen LogP contribution is 2.19. The third kappa shape index (κ3) is 4.17. The second-order valence-electron chi connectivity index (χ2n) is 4.22. The molecule has 1 aromatic heterocycles. The number of nitrogens with zero attached hydrogens (tertiary/aromatic N) is 2. The molecule has 0 fully saturated rings. The van der Waals surface area contributed by atoms with Gasteiger partial charge >= 0.3 is 0 Å². The maximum absolute atomic E-state index is 11.9. The molecule has 0 radical (unpaired) electrons. The number of nitrogens with one attached hydrogen (secondary N) is 1. The van der Waals surface area contributed by atoms with E-state index in [4.69, 9.17) is 16.1 Å². The first-order chi connectivity index (χ1) is 9.56. The molecule has 2 rings (SSSR count). The van der Waals surface area contributed by atoms with E-state index < -0.39 is 0 Å². The molecule has 20 heavy (non-hydrogen) atoms. The molecule has 5 nitrogen and oxygen atoms in total. The Balaban J connectivity index is 1.78. The minimum Gasteiger partial charge on any atom is -0.352 e. The Morgan fingerprint density at radius 1 is 1.50 bits per heavy atom. The van der Waals surface area contributed by atoms with Crippen molar-refractivity contribution in [3.05, 3.63) is 44.1 Å². The van der Waals surface area contributed by atoms with Crippen LogP contribution in [-0.4, -0.2) is 22.6 Å². The zero-order chi connectivity index (χ0) is 14.5. The second kappa shape index (κ2) is 7.03.